The largest absolute Gasteiger partial charge is 0.491 e. The Balaban J connectivity index is 2.49. The van der Waals surface area contributed by atoms with Crippen LogP contribution in [0.5, 0.6) is 5.75 Å². The summed E-state index contributed by atoms with van der Waals surface area (Å²) in [6, 6.07) is 5.81. The summed E-state index contributed by atoms with van der Waals surface area (Å²) in [6.45, 7) is 4.46. The zero-order valence-electron chi connectivity index (χ0n) is 10.5. The van der Waals surface area contributed by atoms with Crippen molar-refractivity contribution in [2.45, 2.75) is 32.4 Å². The fraction of sp³-hybridized carbons (Fsp3) is 0.357. The van der Waals surface area contributed by atoms with Crippen LogP contribution >= 0.6 is 11.6 Å². The predicted molar refractivity (Wildman–Crippen MR) is 73.9 cm³/mol. The van der Waals surface area contributed by atoms with Gasteiger partial charge in [-0.2, -0.15) is 0 Å². The molecule has 0 aliphatic rings. The van der Waals surface area contributed by atoms with Gasteiger partial charge in [0.25, 0.3) is 0 Å². The molecule has 1 aromatic heterocycles. The second-order valence-corrected chi connectivity index (χ2v) is 4.54. The third-order valence-electron chi connectivity index (χ3n) is 2.54. The topological polar surface area (TPSA) is 27.1 Å². The van der Waals surface area contributed by atoms with Gasteiger partial charge in [-0.05, 0) is 26.0 Å². The maximum atomic E-state index is 5.88. The Morgan fingerprint density at radius 2 is 2.28 bits per heavy atom. The van der Waals surface area contributed by atoms with Gasteiger partial charge in [-0.25, -0.2) is 4.98 Å². The summed E-state index contributed by atoms with van der Waals surface area (Å²) in [4.78, 5) is 4.47. The Morgan fingerprint density at radius 1 is 1.50 bits per heavy atom. The SMILES string of the molecule is C#CCn1c(CCl)nc2cc(OC(C)C)ccc21. The highest BCUT2D eigenvalue weighted by molar-refractivity contribution is 6.16. The number of benzene rings is 1. The Labute approximate surface area is 112 Å². The molecule has 18 heavy (non-hydrogen) atoms. The highest BCUT2D eigenvalue weighted by Crippen LogP contribution is 2.23. The van der Waals surface area contributed by atoms with Crippen LogP contribution in [0.2, 0.25) is 0 Å². The number of terminal acetylenes is 1. The molecule has 94 valence electrons. The van der Waals surface area contributed by atoms with Crippen LogP contribution in [0.15, 0.2) is 18.2 Å². The zero-order valence-corrected chi connectivity index (χ0v) is 11.2. The number of ether oxygens (including phenoxy) is 1. The molecule has 2 rings (SSSR count). The summed E-state index contributed by atoms with van der Waals surface area (Å²) >= 11 is 5.88. The van der Waals surface area contributed by atoms with E-state index in [1.54, 1.807) is 0 Å². The minimum atomic E-state index is 0.141. The molecule has 0 fully saturated rings. The number of fused-ring (bicyclic) bond motifs is 1. The van der Waals surface area contributed by atoms with Gasteiger partial charge in [-0.1, -0.05) is 5.92 Å². The molecule has 2 aromatic rings. The minimum Gasteiger partial charge on any atom is -0.491 e. The third kappa shape index (κ3) is 2.44. The van der Waals surface area contributed by atoms with Crippen molar-refractivity contribution in [1.29, 1.82) is 0 Å². The molecule has 0 N–H and O–H groups in total. The van der Waals surface area contributed by atoms with Gasteiger partial charge in [-0.15, -0.1) is 18.0 Å². The number of nitrogens with zero attached hydrogens (tertiary/aromatic N) is 2. The van der Waals surface area contributed by atoms with Crippen LogP contribution in [0.4, 0.5) is 0 Å². The highest BCUT2D eigenvalue weighted by Gasteiger charge is 2.10. The average molecular weight is 263 g/mol. The Kier molecular flexibility index (Phi) is 3.78. The fourth-order valence-electron chi connectivity index (χ4n) is 1.87. The number of imidazole rings is 1. The van der Waals surface area contributed by atoms with E-state index in [4.69, 9.17) is 22.8 Å². The molecule has 4 heteroatoms. The molecule has 3 nitrogen and oxygen atoms in total. The van der Waals surface area contributed by atoms with E-state index in [1.807, 2.05) is 36.6 Å². The van der Waals surface area contributed by atoms with E-state index in [2.05, 4.69) is 10.9 Å². The van der Waals surface area contributed by atoms with Crippen molar-refractivity contribution < 1.29 is 4.74 Å². The summed E-state index contributed by atoms with van der Waals surface area (Å²) in [5.74, 6) is 4.55. The van der Waals surface area contributed by atoms with Crippen LogP contribution in [-0.2, 0) is 12.4 Å². The van der Waals surface area contributed by atoms with E-state index in [-0.39, 0.29) is 6.10 Å². The lowest BCUT2D eigenvalue weighted by Crippen LogP contribution is -2.05. The molecule has 0 saturated heterocycles. The molecular formula is C14H15ClN2O. The smallest absolute Gasteiger partial charge is 0.125 e. The quantitative estimate of drug-likeness (QED) is 0.625. The van der Waals surface area contributed by atoms with E-state index >= 15 is 0 Å². The van der Waals surface area contributed by atoms with Gasteiger partial charge < -0.3 is 9.30 Å². The maximum absolute atomic E-state index is 5.88. The highest BCUT2D eigenvalue weighted by atomic mass is 35.5. The number of hydrogen-bond donors (Lipinski definition) is 0. The summed E-state index contributed by atoms with van der Waals surface area (Å²) in [5, 5.41) is 0. The zero-order chi connectivity index (χ0) is 13.1. The molecule has 0 spiro atoms. The van der Waals surface area contributed by atoms with Crippen molar-refractivity contribution in [2.24, 2.45) is 0 Å². The number of alkyl halides is 1. The van der Waals surface area contributed by atoms with Crippen molar-refractivity contribution in [1.82, 2.24) is 9.55 Å². The average Bonchev–Trinajstić information content (AvgIpc) is 2.66. The molecule has 1 aromatic carbocycles. The van der Waals surface area contributed by atoms with Crippen LogP contribution in [0.25, 0.3) is 11.0 Å². The van der Waals surface area contributed by atoms with Crippen LogP contribution < -0.4 is 4.74 Å². The molecule has 0 aliphatic heterocycles. The number of hydrogen-bond acceptors (Lipinski definition) is 2. The molecule has 0 unspecified atom stereocenters. The van der Waals surface area contributed by atoms with Crippen molar-refractivity contribution in [3.63, 3.8) is 0 Å². The third-order valence-corrected chi connectivity index (χ3v) is 2.78. The summed E-state index contributed by atoms with van der Waals surface area (Å²) in [7, 11) is 0. The van der Waals surface area contributed by atoms with Gasteiger partial charge in [0.05, 0.1) is 29.6 Å². The Bertz CT molecular complexity index is 596. The Morgan fingerprint density at radius 3 is 2.89 bits per heavy atom. The summed E-state index contributed by atoms with van der Waals surface area (Å²) in [5.41, 5.74) is 1.85. The van der Waals surface area contributed by atoms with Crippen LogP contribution in [0.1, 0.15) is 19.7 Å². The van der Waals surface area contributed by atoms with E-state index in [9.17, 15) is 0 Å². The van der Waals surface area contributed by atoms with Gasteiger partial charge >= 0.3 is 0 Å². The molecule has 0 amide bonds. The van der Waals surface area contributed by atoms with Crippen molar-refractivity contribution in [3.05, 3.63) is 24.0 Å². The Hall–Kier alpha value is -1.66. The van der Waals surface area contributed by atoms with Gasteiger partial charge in [0.15, 0.2) is 0 Å². The van der Waals surface area contributed by atoms with E-state index in [0.717, 1.165) is 22.6 Å². The van der Waals surface area contributed by atoms with Crippen LogP contribution in [-0.4, -0.2) is 15.7 Å². The first-order chi connectivity index (χ1) is 8.65. The molecule has 0 aliphatic carbocycles. The minimum absolute atomic E-state index is 0.141. The normalized spacial score (nSPS) is 10.8. The monoisotopic (exact) mass is 262 g/mol. The first-order valence-corrected chi connectivity index (χ1v) is 6.34. The lowest BCUT2D eigenvalue weighted by atomic mass is 10.3. The van der Waals surface area contributed by atoms with Gasteiger partial charge in [0.1, 0.15) is 11.6 Å². The van der Waals surface area contributed by atoms with E-state index < -0.39 is 0 Å². The lowest BCUT2D eigenvalue weighted by Gasteiger charge is -2.09. The van der Waals surface area contributed by atoms with Crippen molar-refractivity contribution in [3.8, 4) is 18.1 Å². The van der Waals surface area contributed by atoms with Crippen molar-refractivity contribution in [2.75, 3.05) is 0 Å². The number of rotatable bonds is 4. The number of aromatic nitrogens is 2. The van der Waals surface area contributed by atoms with Crippen LogP contribution in [0, 0.1) is 12.3 Å². The predicted octanol–water partition coefficient (Wildman–Crippen LogP) is 3.20. The molecule has 1 heterocycles. The van der Waals surface area contributed by atoms with Gasteiger partial charge in [0.2, 0.25) is 0 Å². The fourth-order valence-corrected chi connectivity index (χ4v) is 2.08. The molecule has 0 atom stereocenters. The standard InChI is InChI=1S/C14H15ClN2O/c1-4-7-17-13-6-5-11(18-10(2)3)8-12(13)16-14(17)9-15/h1,5-6,8,10H,7,9H2,2-3H3. The second-order valence-electron chi connectivity index (χ2n) is 4.27. The summed E-state index contributed by atoms with van der Waals surface area (Å²) < 4.78 is 7.59. The second kappa shape index (κ2) is 5.32. The number of halogens is 1. The van der Waals surface area contributed by atoms with Crippen LogP contribution in [0.3, 0.4) is 0 Å². The molecule has 0 saturated carbocycles. The van der Waals surface area contributed by atoms with Gasteiger partial charge in [-0.3, -0.25) is 0 Å². The summed E-state index contributed by atoms with van der Waals surface area (Å²) in [6.07, 6.45) is 5.51. The maximum Gasteiger partial charge on any atom is 0.125 e. The molecular weight excluding hydrogens is 248 g/mol. The first kappa shape index (κ1) is 12.8. The van der Waals surface area contributed by atoms with Gasteiger partial charge in [0, 0.05) is 6.07 Å². The molecule has 0 bridgehead atoms. The first-order valence-electron chi connectivity index (χ1n) is 5.81. The van der Waals surface area contributed by atoms with E-state index in [1.165, 1.54) is 0 Å². The van der Waals surface area contributed by atoms with Crippen molar-refractivity contribution >= 4 is 22.6 Å². The lowest BCUT2D eigenvalue weighted by molar-refractivity contribution is 0.242. The van der Waals surface area contributed by atoms with E-state index in [0.29, 0.717) is 12.4 Å². The molecule has 0 radical (unpaired) electrons.